The van der Waals surface area contributed by atoms with Crippen LogP contribution >= 0.6 is 15.9 Å². The van der Waals surface area contributed by atoms with E-state index in [-0.39, 0.29) is 11.9 Å². The predicted molar refractivity (Wildman–Crippen MR) is 63.0 cm³/mol. The summed E-state index contributed by atoms with van der Waals surface area (Å²) in [5.74, 6) is 0.288. The minimum atomic E-state index is -0.405. The second-order valence-electron chi connectivity index (χ2n) is 4.08. The van der Waals surface area contributed by atoms with Gasteiger partial charge in [0.05, 0.1) is 10.6 Å². The zero-order valence-electron chi connectivity index (χ0n) is 8.83. The molecule has 0 unspecified atom stereocenters. The zero-order valence-corrected chi connectivity index (χ0v) is 10.4. The van der Waals surface area contributed by atoms with E-state index in [0.29, 0.717) is 10.2 Å². The van der Waals surface area contributed by atoms with Crippen LogP contribution < -0.4 is 4.74 Å². The number of hydrogen-bond donors (Lipinski definition) is 1. The third-order valence-electron chi connectivity index (χ3n) is 2.85. The maximum absolute atomic E-state index is 13.0. The summed E-state index contributed by atoms with van der Waals surface area (Å²) >= 11 is 3.11. The molecule has 0 aliphatic heterocycles. The van der Waals surface area contributed by atoms with Crippen molar-refractivity contribution in [3.05, 3.63) is 28.5 Å². The summed E-state index contributed by atoms with van der Waals surface area (Å²) in [5, 5.41) is 9.74. The Morgan fingerprint density at radius 2 is 2.06 bits per heavy atom. The van der Waals surface area contributed by atoms with Crippen LogP contribution in [0.3, 0.4) is 0 Å². The molecular weight excluding hydrogens is 275 g/mol. The molecule has 4 heteroatoms. The van der Waals surface area contributed by atoms with E-state index in [1.165, 1.54) is 6.07 Å². The van der Waals surface area contributed by atoms with Crippen molar-refractivity contribution in [1.29, 1.82) is 0 Å². The standard InChI is InChI=1S/C12H14BrFO2/c13-9-7-8(5-6-10(9)14)16-12-4-2-1-3-11(12)15/h5-7,11-12,15H,1-4H2/t11-,12-/m0/s1. The third kappa shape index (κ3) is 2.74. The summed E-state index contributed by atoms with van der Waals surface area (Å²) < 4.78 is 19.0. The van der Waals surface area contributed by atoms with Crippen LogP contribution in [0.5, 0.6) is 5.75 Å². The summed E-state index contributed by atoms with van der Waals surface area (Å²) in [6.07, 6.45) is 3.20. The molecule has 0 saturated heterocycles. The molecule has 0 heterocycles. The first kappa shape index (κ1) is 11.9. The van der Waals surface area contributed by atoms with Crippen molar-refractivity contribution in [2.75, 3.05) is 0 Å². The van der Waals surface area contributed by atoms with E-state index >= 15 is 0 Å². The highest BCUT2D eigenvalue weighted by Gasteiger charge is 2.24. The Labute approximate surface area is 103 Å². The van der Waals surface area contributed by atoms with Gasteiger partial charge in [0.2, 0.25) is 0 Å². The van der Waals surface area contributed by atoms with Gasteiger partial charge in [-0.2, -0.15) is 0 Å². The monoisotopic (exact) mass is 288 g/mol. The average molecular weight is 289 g/mol. The fraction of sp³-hybridized carbons (Fsp3) is 0.500. The number of ether oxygens (including phenoxy) is 1. The summed E-state index contributed by atoms with van der Waals surface area (Å²) in [6.45, 7) is 0. The molecule has 0 aromatic heterocycles. The van der Waals surface area contributed by atoms with E-state index in [1.54, 1.807) is 12.1 Å². The lowest BCUT2D eigenvalue weighted by atomic mass is 9.95. The number of benzene rings is 1. The maximum Gasteiger partial charge on any atom is 0.137 e. The number of rotatable bonds is 2. The second-order valence-corrected chi connectivity index (χ2v) is 4.94. The molecule has 1 aliphatic carbocycles. The van der Waals surface area contributed by atoms with Crippen LogP contribution in [-0.4, -0.2) is 17.3 Å². The number of aliphatic hydroxyl groups excluding tert-OH is 1. The van der Waals surface area contributed by atoms with E-state index < -0.39 is 6.10 Å². The molecule has 2 nitrogen and oxygen atoms in total. The van der Waals surface area contributed by atoms with Gasteiger partial charge in [-0.05, 0) is 53.4 Å². The lowest BCUT2D eigenvalue weighted by Gasteiger charge is -2.28. The molecule has 1 aliphatic rings. The third-order valence-corrected chi connectivity index (χ3v) is 3.45. The van der Waals surface area contributed by atoms with E-state index in [4.69, 9.17) is 4.74 Å². The molecule has 1 fully saturated rings. The number of hydrogen-bond acceptors (Lipinski definition) is 2. The van der Waals surface area contributed by atoms with Crippen LogP contribution in [0.25, 0.3) is 0 Å². The maximum atomic E-state index is 13.0. The Hall–Kier alpha value is -0.610. The van der Waals surface area contributed by atoms with Gasteiger partial charge in [0.15, 0.2) is 0 Å². The largest absolute Gasteiger partial charge is 0.488 e. The quantitative estimate of drug-likeness (QED) is 0.905. The van der Waals surface area contributed by atoms with Gasteiger partial charge in [-0.1, -0.05) is 6.42 Å². The summed E-state index contributed by atoms with van der Waals surface area (Å²) in [4.78, 5) is 0. The number of halogens is 2. The van der Waals surface area contributed by atoms with Crippen molar-refractivity contribution >= 4 is 15.9 Å². The molecule has 88 valence electrons. The van der Waals surface area contributed by atoms with E-state index in [2.05, 4.69) is 15.9 Å². The van der Waals surface area contributed by atoms with Crippen molar-refractivity contribution in [3.63, 3.8) is 0 Å². The van der Waals surface area contributed by atoms with E-state index in [1.807, 2.05) is 0 Å². The van der Waals surface area contributed by atoms with Crippen LogP contribution in [0.1, 0.15) is 25.7 Å². The molecule has 1 saturated carbocycles. The van der Waals surface area contributed by atoms with Crippen molar-refractivity contribution in [2.45, 2.75) is 37.9 Å². The molecule has 1 N–H and O–H groups in total. The van der Waals surface area contributed by atoms with Gasteiger partial charge in [0, 0.05) is 0 Å². The molecule has 0 bridgehead atoms. The molecular formula is C12H14BrFO2. The van der Waals surface area contributed by atoms with Crippen LogP contribution in [0.15, 0.2) is 22.7 Å². The normalized spacial score (nSPS) is 25.4. The molecule has 16 heavy (non-hydrogen) atoms. The van der Waals surface area contributed by atoms with Crippen molar-refractivity contribution in [3.8, 4) is 5.75 Å². The lowest BCUT2D eigenvalue weighted by molar-refractivity contribution is 0.00681. The van der Waals surface area contributed by atoms with Gasteiger partial charge >= 0.3 is 0 Å². The predicted octanol–water partition coefficient (Wildman–Crippen LogP) is 3.27. The van der Waals surface area contributed by atoms with Crippen LogP contribution in [0.2, 0.25) is 0 Å². The Bertz CT molecular complexity index is 370. The molecule has 1 aromatic rings. The van der Waals surface area contributed by atoms with Crippen LogP contribution in [0.4, 0.5) is 4.39 Å². The minimum Gasteiger partial charge on any atom is -0.488 e. The molecule has 0 radical (unpaired) electrons. The first-order valence-corrected chi connectivity index (χ1v) is 6.26. The Morgan fingerprint density at radius 1 is 1.31 bits per heavy atom. The SMILES string of the molecule is O[C@H]1CCCC[C@@H]1Oc1ccc(F)c(Br)c1. The highest BCUT2D eigenvalue weighted by Crippen LogP contribution is 2.26. The van der Waals surface area contributed by atoms with Crippen LogP contribution in [0, 0.1) is 5.82 Å². The van der Waals surface area contributed by atoms with Gasteiger partial charge in [0.1, 0.15) is 17.7 Å². The van der Waals surface area contributed by atoms with Crippen molar-refractivity contribution in [1.82, 2.24) is 0 Å². The van der Waals surface area contributed by atoms with Gasteiger partial charge < -0.3 is 9.84 Å². The summed E-state index contributed by atoms with van der Waals surface area (Å²) in [5.41, 5.74) is 0. The Balaban J connectivity index is 2.05. The molecule has 2 atom stereocenters. The average Bonchev–Trinajstić information content (AvgIpc) is 2.27. The zero-order chi connectivity index (χ0) is 11.5. The Morgan fingerprint density at radius 3 is 2.75 bits per heavy atom. The molecule has 2 rings (SSSR count). The fourth-order valence-electron chi connectivity index (χ4n) is 1.94. The first-order chi connectivity index (χ1) is 7.66. The minimum absolute atomic E-state index is 0.161. The van der Waals surface area contributed by atoms with Gasteiger partial charge in [-0.3, -0.25) is 0 Å². The fourth-order valence-corrected chi connectivity index (χ4v) is 2.30. The summed E-state index contributed by atoms with van der Waals surface area (Å²) in [7, 11) is 0. The van der Waals surface area contributed by atoms with Gasteiger partial charge in [-0.15, -0.1) is 0 Å². The highest BCUT2D eigenvalue weighted by atomic mass is 79.9. The van der Waals surface area contributed by atoms with Gasteiger partial charge in [0.25, 0.3) is 0 Å². The van der Waals surface area contributed by atoms with Crippen LogP contribution in [-0.2, 0) is 0 Å². The lowest BCUT2D eigenvalue weighted by Crippen LogP contribution is -2.34. The molecule has 1 aromatic carbocycles. The molecule has 0 spiro atoms. The second kappa shape index (κ2) is 5.15. The first-order valence-electron chi connectivity index (χ1n) is 5.46. The van der Waals surface area contributed by atoms with Gasteiger partial charge in [-0.25, -0.2) is 4.39 Å². The number of aliphatic hydroxyl groups is 1. The Kier molecular flexibility index (Phi) is 3.82. The van der Waals surface area contributed by atoms with Crippen molar-refractivity contribution in [2.24, 2.45) is 0 Å². The van der Waals surface area contributed by atoms with E-state index in [9.17, 15) is 9.50 Å². The smallest absolute Gasteiger partial charge is 0.137 e. The van der Waals surface area contributed by atoms with Crippen molar-refractivity contribution < 1.29 is 14.2 Å². The summed E-state index contributed by atoms with van der Waals surface area (Å²) in [6, 6.07) is 4.53. The topological polar surface area (TPSA) is 29.5 Å². The molecule has 0 amide bonds. The highest BCUT2D eigenvalue weighted by molar-refractivity contribution is 9.10. The van der Waals surface area contributed by atoms with E-state index in [0.717, 1.165) is 25.7 Å².